The number of halogens is 2. The molecule has 0 aliphatic carbocycles. The third-order valence-electron chi connectivity index (χ3n) is 2.94. The Hall–Kier alpha value is -1.65. The molecule has 0 bridgehead atoms. The number of nitrogens with one attached hydrogen (secondary N) is 1. The van der Waals surface area contributed by atoms with E-state index < -0.39 is 0 Å². The van der Waals surface area contributed by atoms with Gasteiger partial charge in [0.1, 0.15) is 17.3 Å². The first kappa shape index (κ1) is 15.7. The molecule has 0 fully saturated rings. The Balaban J connectivity index is 2.62. The van der Waals surface area contributed by atoms with Crippen LogP contribution in [0.3, 0.4) is 0 Å². The van der Waals surface area contributed by atoms with Gasteiger partial charge in [-0.1, -0.05) is 23.2 Å². The molecule has 2 aromatic rings. The molecule has 1 N–H and O–H groups in total. The molecule has 6 heteroatoms. The van der Waals surface area contributed by atoms with Gasteiger partial charge in [0.05, 0.1) is 30.0 Å². The highest BCUT2D eigenvalue weighted by atomic mass is 35.5. The van der Waals surface area contributed by atoms with Gasteiger partial charge in [-0.2, -0.15) is 0 Å². The average Bonchev–Trinajstić information content (AvgIpc) is 2.49. The van der Waals surface area contributed by atoms with Crippen molar-refractivity contribution in [3.8, 4) is 22.8 Å². The Morgan fingerprint density at radius 2 is 1.86 bits per heavy atom. The summed E-state index contributed by atoms with van der Waals surface area (Å²) in [6, 6.07) is 7.13. The number of aromatic nitrogens is 1. The third-order valence-corrected chi connectivity index (χ3v) is 3.51. The number of pyridine rings is 1. The molecule has 0 saturated heterocycles. The molecule has 0 unspecified atom stereocenters. The second-order valence-electron chi connectivity index (χ2n) is 4.25. The van der Waals surface area contributed by atoms with Crippen LogP contribution in [0.4, 0.5) is 5.82 Å². The van der Waals surface area contributed by atoms with Crippen molar-refractivity contribution in [2.45, 2.75) is 6.92 Å². The lowest BCUT2D eigenvalue weighted by Crippen LogP contribution is -2.02. The second kappa shape index (κ2) is 6.87. The lowest BCUT2D eigenvalue weighted by atomic mass is 10.1. The lowest BCUT2D eigenvalue weighted by molar-refractivity contribution is 0.404. The van der Waals surface area contributed by atoms with Gasteiger partial charge >= 0.3 is 0 Å². The topological polar surface area (TPSA) is 43.4 Å². The average molecular weight is 327 g/mol. The highest BCUT2D eigenvalue weighted by molar-refractivity contribution is 6.37. The molecule has 21 heavy (non-hydrogen) atoms. The fourth-order valence-corrected chi connectivity index (χ4v) is 2.47. The molecule has 1 aromatic heterocycles. The Morgan fingerprint density at radius 3 is 2.48 bits per heavy atom. The van der Waals surface area contributed by atoms with Crippen LogP contribution in [0.1, 0.15) is 6.92 Å². The molecule has 0 spiro atoms. The van der Waals surface area contributed by atoms with E-state index in [0.29, 0.717) is 39.6 Å². The van der Waals surface area contributed by atoms with Crippen LogP contribution >= 0.6 is 23.2 Å². The Bertz CT molecular complexity index is 648. The minimum absolute atomic E-state index is 0.452. The summed E-state index contributed by atoms with van der Waals surface area (Å²) in [6.45, 7) is 2.68. The normalized spacial score (nSPS) is 10.3. The fraction of sp³-hybridized carbons (Fsp3) is 0.267. The zero-order chi connectivity index (χ0) is 15.4. The van der Waals surface area contributed by atoms with Crippen molar-refractivity contribution < 1.29 is 9.47 Å². The largest absolute Gasteiger partial charge is 0.497 e. The molecule has 0 aliphatic rings. The summed E-state index contributed by atoms with van der Waals surface area (Å²) >= 11 is 12.4. The summed E-state index contributed by atoms with van der Waals surface area (Å²) in [5, 5.41) is 4.04. The zero-order valence-corrected chi connectivity index (χ0v) is 13.5. The van der Waals surface area contributed by atoms with E-state index in [4.69, 9.17) is 32.7 Å². The smallest absolute Gasteiger partial charge is 0.145 e. The van der Waals surface area contributed by atoms with Gasteiger partial charge in [0.25, 0.3) is 0 Å². The summed E-state index contributed by atoms with van der Waals surface area (Å²) in [4.78, 5) is 4.51. The van der Waals surface area contributed by atoms with Crippen molar-refractivity contribution >= 4 is 29.0 Å². The Morgan fingerprint density at radius 1 is 1.10 bits per heavy atom. The molecule has 0 saturated carbocycles. The number of hydrogen-bond donors (Lipinski definition) is 1. The van der Waals surface area contributed by atoms with Crippen LogP contribution < -0.4 is 14.8 Å². The number of ether oxygens (including phenoxy) is 2. The van der Waals surface area contributed by atoms with Crippen molar-refractivity contribution in [1.82, 2.24) is 4.98 Å². The third kappa shape index (κ3) is 3.34. The van der Waals surface area contributed by atoms with E-state index in [1.807, 2.05) is 25.1 Å². The first-order valence-corrected chi connectivity index (χ1v) is 7.18. The van der Waals surface area contributed by atoms with Crippen LogP contribution in [0.2, 0.25) is 10.0 Å². The first-order valence-electron chi connectivity index (χ1n) is 6.43. The summed E-state index contributed by atoms with van der Waals surface area (Å²) in [5.41, 5.74) is 1.34. The van der Waals surface area contributed by atoms with Crippen LogP contribution in [0.5, 0.6) is 11.5 Å². The molecule has 2 rings (SSSR count). The molecule has 0 amide bonds. The maximum absolute atomic E-state index is 6.29. The molecule has 0 aliphatic heterocycles. The number of rotatable bonds is 5. The van der Waals surface area contributed by atoms with Gasteiger partial charge in [0, 0.05) is 12.1 Å². The van der Waals surface area contributed by atoms with Crippen LogP contribution in [0.25, 0.3) is 11.3 Å². The minimum Gasteiger partial charge on any atom is -0.497 e. The summed E-state index contributed by atoms with van der Waals surface area (Å²) < 4.78 is 10.6. The summed E-state index contributed by atoms with van der Waals surface area (Å²) in [6.07, 6.45) is 0. The van der Waals surface area contributed by atoms with Crippen molar-refractivity contribution in [2.75, 3.05) is 26.1 Å². The van der Waals surface area contributed by atoms with E-state index >= 15 is 0 Å². The first-order chi connectivity index (χ1) is 10.1. The van der Waals surface area contributed by atoms with Gasteiger partial charge in [-0.15, -0.1) is 0 Å². The van der Waals surface area contributed by atoms with E-state index in [2.05, 4.69) is 10.3 Å². The van der Waals surface area contributed by atoms with Crippen LogP contribution in [0, 0.1) is 0 Å². The van der Waals surface area contributed by atoms with E-state index in [0.717, 1.165) is 5.56 Å². The van der Waals surface area contributed by atoms with Gasteiger partial charge in [0.15, 0.2) is 0 Å². The Labute approximate surface area is 134 Å². The van der Waals surface area contributed by atoms with Gasteiger partial charge in [-0.25, -0.2) is 4.98 Å². The zero-order valence-electron chi connectivity index (χ0n) is 12.0. The lowest BCUT2D eigenvalue weighted by Gasteiger charge is -2.13. The quantitative estimate of drug-likeness (QED) is 0.878. The maximum atomic E-state index is 6.29. The molecule has 0 radical (unpaired) electrons. The summed E-state index contributed by atoms with van der Waals surface area (Å²) in [5.74, 6) is 1.95. The van der Waals surface area contributed by atoms with Crippen LogP contribution in [-0.2, 0) is 0 Å². The standard InChI is InChI=1S/C15H16Cl2N2O2/c1-4-18-15-12(17)8-11(16)14(19-15)10-7-9(20-2)5-6-13(10)21-3/h5-8H,4H2,1-3H3,(H,18,19). The number of benzene rings is 1. The number of anilines is 1. The number of nitrogens with zero attached hydrogens (tertiary/aromatic N) is 1. The highest BCUT2D eigenvalue weighted by Gasteiger charge is 2.15. The molecular formula is C15H16Cl2N2O2. The predicted octanol–water partition coefficient (Wildman–Crippen LogP) is 4.50. The van der Waals surface area contributed by atoms with Crippen molar-refractivity contribution in [2.24, 2.45) is 0 Å². The highest BCUT2D eigenvalue weighted by Crippen LogP contribution is 2.38. The van der Waals surface area contributed by atoms with Crippen molar-refractivity contribution in [3.05, 3.63) is 34.3 Å². The molecule has 112 valence electrons. The van der Waals surface area contributed by atoms with E-state index in [-0.39, 0.29) is 0 Å². The SMILES string of the molecule is CCNc1nc(-c2cc(OC)ccc2OC)c(Cl)cc1Cl. The number of hydrogen-bond acceptors (Lipinski definition) is 4. The van der Waals surface area contributed by atoms with Crippen LogP contribution in [-0.4, -0.2) is 25.7 Å². The van der Waals surface area contributed by atoms with Gasteiger partial charge in [0.2, 0.25) is 0 Å². The molecule has 1 aromatic carbocycles. The van der Waals surface area contributed by atoms with Gasteiger partial charge < -0.3 is 14.8 Å². The minimum atomic E-state index is 0.452. The Kier molecular flexibility index (Phi) is 5.15. The van der Waals surface area contributed by atoms with Crippen LogP contribution in [0.15, 0.2) is 24.3 Å². The monoisotopic (exact) mass is 326 g/mol. The predicted molar refractivity (Wildman–Crippen MR) is 87.0 cm³/mol. The molecular weight excluding hydrogens is 311 g/mol. The van der Waals surface area contributed by atoms with Crippen molar-refractivity contribution in [3.63, 3.8) is 0 Å². The van der Waals surface area contributed by atoms with E-state index in [9.17, 15) is 0 Å². The van der Waals surface area contributed by atoms with E-state index in [1.54, 1.807) is 20.3 Å². The molecule has 1 heterocycles. The summed E-state index contributed by atoms with van der Waals surface area (Å²) in [7, 11) is 3.20. The fourth-order valence-electron chi connectivity index (χ4n) is 1.95. The second-order valence-corrected chi connectivity index (χ2v) is 5.06. The number of methoxy groups -OCH3 is 2. The molecule has 0 atom stereocenters. The van der Waals surface area contributed by atoms with E-state index in [1.165, 1.54) is 0 Å². The van der Waals surface area contributed by atoms with Crippen molar-refractivity contribution in [1.29, 1.82) is 0 Å². The van der Waals surface area contributed by atoms with Gasteiger partial charge in [-0.3, -0.25) is 0 Å². The van der Waals surface area contributed by atoms with Gasteiger partial charge in [-0.05, 0) is 31.2 Å². The maximum Gasteiger partial charge on any atom is 0.145 e. The molecule has 4 nitrogen and oxygen atoms in total.